The van der Waals surface area contributed by atoms with Crippen molar-refractivity contribution in [1.29, 1.82) is 0 Å². The molecule has 0 bridgehead atoms. The second-order valence-corrected chi connectivity index (χ2v) is 5.68. The fourth-order valence-electron chi connectivity index (χ4n) is 1.94. The lowest BCUT2D eigenvalue weighted by atomic mass is 10.1. The molecule has 2 rings (SSSR count). The number of aromatic nitrogens is 2. The molecule has 0 unspecified atom stereocenters. The Morgan fingerprint density at radius 2 is 2.15 bits per heavy atom. The molecule has 0 aliphatic heterocycles. The van der Waals surface area contributed by atoms with E-state index in [0.29, 0.717) is 5.16 Å². The lowest BCUT2D eigenvalue weighted by Gasteiger charge is -2.07. The van der Waals surface area contributed by atoms with Crippen LogP contribution >= 0.6 is 11.8 Å². The Labute approximate surface area is 122 Å². The molecule has 0 spiro atoms. The average Bonchev–Trinajstić information content (AvgIpc) is 2.41. The van der Waals surface area contributed by atoms with Crippen LogP contribution in [0.25, 0.3) is 0 Å². The van der Waals surface area contributed by atoms with Gasteiger partial charge in [-0.05, 0) is 30.5 Å². The van der Waals surface area contributed by atoms with Crippen molar-refractivity contribution in [3.05, 3.63) is 51.4 Å². The van der Waals surface area contributed by atoms with Gasteiger partial charge >= 0.3 is 0 Å². The number of aryl methyl sites for hydroxylation is 2. The van der Waals surface area contributed by atoms with E-state index in [1.165, 1.54) is 11.8 Å². The van der Waals surface area contributed by atoms with Crippen LogP contribution < -0.4 is 5.56 Å². The molecule has 20 heavy (non-hydrogen) atoms. The summed E-state index contributed by atoms with van der Waals surface area (Å²) >= 11 is 1.44. The monoisotopic (exact) mass is 290 g/mol. The zero-order chi connectivity index (χ0) is 14.5. The minimum Gasteiger partial charge on any atom is -0.392 e. The number of aliphatic hydroxyl groups is 1. The van der Waals surface area contributed by atoms with E-state index in [9.17, 15) is 4.79 Å². The first kappa shape index (κ1) is 14.8. The third-order valence-electron chi connectivity index (χ3n) is 2.91. The maximum Gasteiger partial charge on any atom is 0.251 e. The molecule has 106 valence electrons. The molecular weight excluding hydrogens is 272 g/mol. The Morgan fingerprint density at radius 1 is 1.35 bits per heavy atom. The van der Waals surface area contributed by atoms with Gasteiger partial charge in [-0.2, -0.15) is 0 Å². The third kappa shape index (κ3) is 3.71. The number of nitrogens with zero attached hydrogens (tertiary/aromatic N) is 1. The molecule has 0 saturated carbocycles. The van der Waals surface area contributed by atoms with Crippen LogP contribution in [-0.2, 0) is 13.0 Å². The summed E-state index contributed by atoms with van der Waals surface area (Å²) in [6.45, 7) is 4.08. The topological polar surface area (TPSA) is 66.0 Å². The van der Waals surface area contributed by atoms with E-state index in [1.807, 2.05) is 25.1 Å². The Morgan fingerprint density at radius 3 is 2.80 bits per heavy atom. The number of hydrogen-bond donors (Lipinski definition) is 2. The summed E-state index contributed by atoms with van der Waals surface area (Å²) < 4.78 is 0. The first-order chi connectivity index (χ1) is 9.62. The van der Waals surface area contributed by atoms with Crippen molar-refractivity contribution < 1.29 is 5.11 Å². The lowest BCUT2D eigenvalue weighted by molar-refractivity contribution is 0.281. The third-order valence-corrected chi connectivity index (χ3v) is 3.97. The van der Waals surface area contributed by atoms with Gasteiger partial charge < -0.3 is 10.1 Å². The van der Waals surface area contributed by atoms with Gasteiger partial charge in [-0.15, -0.1) is 0 Å². The van der Waals surface area contributed by atoms with Crippen molar-refractivity contribution in [2.75, 3.05) is 0 Å². The fourth-order valence-corrected chi connectivity index (χ4v) is 2.82. The predicted octanol–water partition coefficient (Wildman–Crippen LogP) is 2.67. The molecule has 0 atom stereocenters. The maximum absolute atomic E-state index is 11.6. The van der Waals surface area contributed by atoms with Crippen molar-refractivity contribution in [2.45, 2.75) is 43.3 Å². The van der Waals surface area contributed by atoms with Gasteiger partial charge in [0.2, 0.25) is 0 Å². The normalized spacial score (nSPS) is 10.8. The number of hydrogen-bond acceptors (Lipinski definition) is 4. The van der Waals surface area contributed by atoms with Crippen molar-refractivity contribution in [1.82, 2.24) is 9.97 Å². The number of nitrogens with one attached hydrogen (secondary N) is 1. The minimum absolute atomic E-state index is 0.0346. The van der Waals surface area contributed by atoms with Crippen LogP contribution in [0.15, 0.2) is 39.1 Å². The molecule has 0 fully saturated rings. The number of benzene rings is 1. The van der Waals surface area contributed by atoms with Crippen molar-refractivity contribution in [3.8, 4) is 0 Å². The van der Waals surface area contributed by atoms with Crippen LogP contribution in [0, 0.1) is 6.92 Å². The highest BCUT2D eigenvalue weighted by Crippen LogP contribution is 2.28. The Balaban J connectivity index is 2.27. The number of H-pyrrole nitrogens is 1. The standard InChI is InChI=1S/C15H18N2O2S/c1-3-4-12-8-14(19)17-15(16-12)20-13-6-5-11(9-18)7-10(13)2/h5-8,18H,3-4,9H2,1-2H3,(H,16,17,19). The van der Waals surface area contributed by atoms with Crippen molar-refractivity contribution in [2.24, 2.45) is 0 Å². The van der Waals surface area contributed by atoms with Crippen molar-refractivity contribution >= 4 is 11.8 Å². The average molecular weight is 290 g/mol. The van der Waals surface area contributed by atoms with E-state index >= 15 is 0 Å². The van der Waals surface area contributed by atoms with Gasteiger partial charge in [0.1, 0.15) is 0 Å². The Kier molecular flexibility index (Phi) is 4.98. The predicted molar refractivity (Wildman–Crippen MR) is 80.1 cm³/mol. The molecule has 1 aromatic carbocycles. The van der Waals surface area contributed by atoms with E-state index in [1.54, 1.807) is 6.07 Å². The molecule has 2 N–H and O–H groups in total. The zero-order valence-corrected chi connectivity index (χ0v) is 12.5. The van der Waals surface area contributed by atoms with E-state index in [0.717, 1.165) is 34.6 Å². The van der Waals surface area contributed by atoms with Gasteiger partial charge in [0.25, 0.3) is 5.56 Å². The van der Waals surface area contributed by atoms with Gasteiger partial charge in [0, 0.05) is 16.7 Å². The van der Waals surface area contributed by atoms with E-state index in [4.69, 9.17) is 5.11 Å². The largest absolute Gasteiger partial charge is 0.392 e. The molecule has 2 aromatic rings. The molecule has 5 heteroatoms. The van der Waals surface area contributed by atoms with E-state index in [2.05, 4.69) is 16.9 Å². The smallest absolute Gasteiger partial charge is 0.251 e. The molecule has 4 nitrogen and oxygen atoms in total. The summed E-state index contributed by atoms with van der Waals surface area (Å²) in [5.41, 5.74) is 2.65. The first-order valence-corrected chi connectivity index (χ1v) is 7.42. The first-order valence-electron chi connectivity index (χ1n) is 6.61. The Hall–Kier alpha value is -1.59. The lowest BCUT2D eigenvalue weighted by Crippen LogP contribution is -2.09. The zero-order valence-electron chi connectivity index (χ0n) is 11.6. The number of aliphatic hydroxyl groups excluding tert-OH is 1. The fraction of sp³-hybridized carbons (Fsp3) is 0.333. The molecule has 0 radical (unpaired) electrons. The molecule has 1 aromatic heterocycles. The molecule has 0 saturated heterocycles. The van der Waals surface area contributed by atoms with Gasteiger partial charge in [-0.3, -0.25) is 4.79 Å². The summed E-state index contributed by atoms with van der Waals surface area (Å²) in [5, 5.41) is 9.72. The maximum atomic E-state index is 11.6. The van der Waals surface area contributed by atoms with Crippen LogP contribution in [-0.4, -0.2) is 15.1 Å². The number of rotatable bonds is 5. The summed E-state index contributed by atoms with van der Waals surface area (Å²) in [4.78, 5) is 19.9. The minimum atomic E-state index is -0.115. The van der Waals surface area contributed by atoms with Gasteiger partial charge in [0.05, 0.1) is 6.61 Å². The quantitative estimate of drug-likeness (QED) is 0.831. The molecule has 0 amide bonds. The van der Waals surface area contributed by atoms with Crippen LogP contribution in [0.4, 0.5) is 0 Å². The van der Waals surface area contributed by atoms with E-state index in [-0.39, 0.29) is 12.2 Å². The highest BCUT2D eigenvalue weighted by molar-refractivity contribution is 7.99. The molecule has 1 heterocycles. The van der Waals surface area contributed by atoms with Crippen LogP contribution in [0.2, 0.25) is 0 Å². The van der Waals surface area contributed by atoms with Crippen LogP contribution in [0.3, 0.4) is 0 Å². The highest BCUT2D eigenvalue weighted by atomic mass is 32.2. The van der Waals surface area contributed by atoms with Crippen LogP contribution in [0.5, 0.6) is 0 Å². The summed E-state index contributed by atoms with van der Waals surface area (Å²) in [5.74, 6) is 0. The van der Waals surface area contributed by atoms with Gasteiger partial charge in [-0.1, -0.05) is 37.2 Å². The van der Waals surface area contributed by atoms with Gasteiger partial charge in [0.15, 0.2) is 5.16 Å². The Bertz CT molecular complexity index is 653. The second kappa shape index (κ2) is 6.72. The summed E-state index contributed by atoms with van der Waals surface area (Å²) in [6, 6.07) is 7.31. The summed E-state index contributed by atoms with van der Waals surface area (Å²) in [7, 11) is 0. The SMILES string of the molecule is CCCc1cc(=O)[nH]c(Sc2ccc(CO)cc2C)n1. The highest BCUT2D eigenvalue weighted by Gasteiger charge is 2.06. The van der Waals surface area contributed by atoms with E-state index < -0.39 is 0 Å². The van der Waals surface area contributed by atoms with Gasteiger partial charge in [-0.25, -0.2) is 4.98 Å². The second-order valence-electron chi connectivity index (χ2n) is 4.65. The molecular formula is C15H18N2O2S. The van der Waals surface area contributed by atoms with Crippen LogP contribution in [0.1, 0.15) is 30.2 Å². The molecule has 0 aliphatic rings. The molecule has 0 aliphatic carbocycles. The van der Waals surface area contributed by atoms with Crippen molar-refractivity contribution in [3.63, 3.8) is 0 Å². The number of aromatic amines is 1. The summed E-state index contributed by atoms with van der Waals surface area (Å²) in [6.07, 6.45) is 1.77.